The van der Waals surface area contributed by atoms with Gasteiger partial charge in [0.1, 0.15) is 17.4 Å². The van der Waals surface area contributed by atoms with Crippen molar-refractivity contribution in [3.05, 3.63) is 66.8 Å². The van der Waals surface area contributed by atoms with Crippen LogP contribution in [0.2, 0.25) is 0 Å². The summed E-state index contributed by atoms with van der Waals surface area (Å²) in [5.41, 5.74) is 1.53. The molecule has 0 unspecified atom stereocenters. The zero-order valence-corrected chi connectivity index (χ0v) is 20.3. The van der Waals surface area contributed by atoms with Gasteiger partial charge in [-0.1, -0.05) is 12.1 Å². The third-order valence-electron chi connectivity index (χ3n) is 5.71. The van der Waals surface area contributed by atoms with E-state index < -0.39 is 21.7 Å². The van der Waals surface area contributed by atoms with Crippen LogP contribution in [-0.2, 0) is 21.2 Å². The molecule has 0 saturated carbocycles. The number of anilines is 1. The molecule has 190 valence electrons. The van der Waals surface area contributed by atoms with Gasteiger partial charge in [0.2, 0.25) is 16.0 Å². The quantitative estimate of drug-likeness (QED) is 0.331. The van der Waals surface area contributed by atoms with Gasteiger partial charge in [-0.3, -0.25) is 10.0 Å². The molecular weight excluding hydrogens is 489 g/mol. The van der Waals surface area contributed by atoms with E-state index in [0.717, 1.165) is 11.1 Å². The highest BCUT2D eigenvalue weighted by molar-refractivity contribution is 7.89. The number of carbonyl (C=O) groups is 1. The SMILES string of the molecule is O=C(CS(=O)(=O)N1CCN(c2ncc(-c3ccc(F)cc3)cn2)CC1)N(O)CCCc1ncccn1. The second kappa shape index (κ2) is 11.5. The number of rotatable bonds is 9. The summed E-state index contributed by atoms with van der Waals surface area (Å²) in [7, 11) is -3.90. The second-order valence-corrected chi connectivity index (χ2v) is 10.2. The third-order valence-corrected chi connectivity index (χ3v) is 7.48. The number of hydrogen-bond donors (Lipinski definition) is 1. The molecular formula is C23H26FN7O4S. The molecule has 1 N–H and O–H groups in total. The van der Waals surface area contributed by atoms with E-state index in [-0.39, 0.29) is 25.5 Å². The monoisotopic (exact) mass is 515 g/mol. The highest BCUT2D eigenvalue weighted by atomic mass is 32.2. The summed E-state index contributed by atoms with van der Waals surface area (Å²) in [6, 6.07) is 7.70. The Kier molecular flexibility index (Phi) is 8.13. The van der Waals surface area contributed by atoms with E-state index in [1.165, 1.54) is 16.4 Å². The predicted molar refractivity (Wildman–Crippen MR) is 129 cm³/mol. The fraction of sp³-hybridized carbons (Fsp3) is 0.348. The van der Waals surface area contributed by atoms with E-state index in [1.54, 1.807) is 43.0 Å². The number of benzene rings is 1. The van der Waals surface area contributed by atoms with Crippen molar-refractivity contribution in [2.45, 2.75) is 12.8 Å². The molecule has 4 rings (SSSR count). The molecule has 0 radical (unpaired) electrons. The standard InChI is InChI=1S/C23H26FN7O4S/c24-20-6-4-18(5-7-20)19-15-27-23(28-16-19)29-11-13-30(14-12-29)36(34,35)17-22(32)31(33)10-1-3-21-25-8-2-9-26-21/h2,4-9,15-16,33H,1,3,10-14,17H2. The third kappa shape index (κ3) is 6.56. The van der Waals surface area contributed by atoms with Crippen LogP contribution in [0.4, 0.5) is 10.3 Å². The number of aromatic nitrogens is 4. The van der Waals surface area contributed by atoms with Crippen LogP contribution < -0.4 is 4.90 Å². The van der Waals surface area contributed by atoms with Gasteiger partial charge in [-0.15, -0.1) is 0 Å². The van der Waals surface area contributed by atoms with Gasteiger partial charge in [0.25, 0.3) is 5.91 Å². The predicted octanol–water partition coefficient (Wildman–Crippen LogP) is 1.38. The van der Waals surface area contributed by atoms with Crippen molar-refractivity contribution in [1.29, 1.82) is 0 Å². The molecule has 1 aromatic carbocycles. The molecule has 1 saturated heterocycles. The maximum Gasteiger partial charge on any atom is 0.262 e. The summed E-state index contributed by atoms with van der Waals surface area (Å²) in [6.07, 6.45) is 7.32. The zero-order valence-electron chi connectivity index (χ0n) is 19.4. The van der Waals surface area contributed by atoms with Gasteiger partial charge in [-0.05, 0) is 30.2 Å². The van der Waals surface area contributed by atoms with Crippen molar-refractivity contribution < 1.29 is 22.8 Å². The molecule has 3 heterocycles. The molecule has 1 amide bonds. The van der Waals surface area contributed by atoms with Crippen LogP contribution in [0.1, 0.15) is 12.2 Å². The number of nitrogens with zero attached hydrogens (tertiary/aromatic N) is 7. The molecule has 3 aromatic rings. The summed E-state index contributed by atoms with van der Waals surface area (Å²) >= 11 is 0. The van der Waals surface area contributed by atoms with E-state index in [4.69, 9.17) is 0 Å². The van der Waals surface area contributed by atoms with Crippen molar-refractivity contribution >= 4 is 21.9 Å². The highest BCUT2D eigenvalue weighted by Gasteiger charge is 2.31. The van der Waals surface area contributed by atoms with Gasteiger partial charge < -0.3 is 4.90 Å². The van der Waals surface area contributed by atoms with E-state index in [2.05, 4.69) is 19.9 Å². The fourth-order valence-electron chi connectivity index (χ4n) is 3.73. The topological polar surface area (TPSA) is 133 Å². The minimum absolute atomic E-state index is 0.0222. The summed E-state index contributed by atoms with van der Waals surface area (Å²) < 4.78 is 39.8. The van der Waals surface area contributed by atoms with Gasteiger partial charge >= 0.3 is 0 Å². The number of carbonyl (C=O) groups excluding carboxylic acids is 1. The minimum Gasteiger partial charge on any atom is -0.338 e. The molecule has 0 atom stereocenters. The lowest BCUT2D eigenvalue weighted by Crippen LogP contribution is -2.51. The number of piperazine rings is 1. The molecule has 0 aliphatic carbocycles. The van der Waals surface area contributed by atoms with Gasteiger partial charge in [-0.25, -0.2) is 37.8 Å². The molecule has 1 aliphatic heterocycles. The maximum absolute atomic E-state index is 13.1. The van der Waals surface area contributed by atoms with Gasteiger partial charge in [0.15, 0.2) is 0 Å². The zero-order chi connectivity index (χ0) is 25.5. The van der Waals surface area contributed by atoms with Crippen LogP contribution >= 0.6 is 0 Å². The summed E-state index contributed by atoms with van der Waals surface area (Å²) in [4.78, 5) is 31.0. The lowest BCUT2D eigenvalue weighted by atomic mass is 10.1. The van der Waals surface area contributed by atoms with Gasteiger partial charge in [0.05, 0.1) is 0 Å². The van der Waals surface area contributed by atoms with Crippen molar-refractivity contribution in [3.63, 3.8) is 0 Å². The molecule has 0 spiro atoms. The fourth-order valence-corrected chi connectivity index (χ4v) is 5.10. The van der Waals surface area contributed by atoms with Crippen molar-refractivity contribution in [2.75, 3.05) is 43.4 Å². The largest absolute Gasteiger partial charge is 0.338 e. The smallest absolute Gasteiger partial charge is 0.262 e. The average molecular weight is 516 g/mol. The lowest BCUT2D eigenvalue weighted by molar-refractivity contribution is -0.162. The molecule has 0 bridgehead atoms. The maximum atomic E-state index is 13.1. The first kappa shape index (κ1) is 25.5. The number of hydrogen-bond acceptors (Lipinski definition) is 9. The number of aryl methyl sites for hydroxylation is 1. The van der Waals surface area contributed by atoms with Crippen LogP contribution in [0.5, 0.6) is 0 Å². The first-order chi connectivity index (χ1) is 17.3. The van der Waals surface area contributed by atoms with Crippen LogP contribution in [0.25, 0.3) is 11.1 Å². The average Bonchev–Trinajstić information content (AvgIpc) is 2.89. The minimum atomic E-state index is -3.90. The van der Waals surface area contributed by atoms with E-state index in [0.29, 0.717) is 42.8 Å². The first-order valence-electron chi connectivity index (χ1n) is 11.4. The Bertz CT molecular complexity index is 1250. The summed E-state index contributed by atoms with van der Waals surface area (Å²) in [5, 5.41) is 10.4. The number of halogens is 1. The highest BCUT2D eigenvalue weighted by Crippen LogP contribution is 2.20. The van der Waals surface area contributed by atoms with E-state index >= 15 is 0 Å². The molecule has 1 aliphatic rings. The van der Waals surface area contributed by atoms with Gasteiger partial charge in [-0.2, -0.15) is 4.31 Å². The Labute approximate surface area is 208 Å². The summed E-state index contributed by atoms with van der Waals surface area (Å²) in [5.74, 6) is -0.980. The Morgan fingerprint density at radius 3 is 2.25 bits per heavy atom. The molecule has 2 aromatic heterocycles. The normalized spacial score (nSPS) is 14.6. The Morgan fingerprint density at radius 1 is 0.972 bits per heavy atom. The first-order valence-corrected chi connectivity index (χ1v) is 13.0. The Hall–Kier alpha value is -3.55. The molecule has 13 heteroatoms. The van der Waals surface area contributed by atoms with Crippen LogP contribution in [0.3, 0.4) is 0 Å². The summed E-state index contributed by atoms with van der Waals surface area (Å²) in [6.45, 7) is 1.00. The Morgan fingerprint density at radius 2 is 1.61 bits per heavy atom. The lowest BCUT2D eigenvalue weighted by Gasteiger charge is -2.34. The molecule has 11 nitrogen and oxygen atoms in total. The number of amides is 1. The molecule has 36 heavy (non-hydrogen) atoms. The van der Waals surface area contributed by atoms with Crippen LogP contribution in [-0.4, -0.2) is 87.3 Å². The van der Waals surface area contributed by atoms with Gasteiger partial charge in [0, 0.05) is 69.5 Å². The van der Waals surface area contributed by atoms with Crippen molar-refractivity contribution in [2.24, 2.45) is 0 Å². The van der Waals surface area contributed by atoms with E-state index in [1.807, 2.05) is 4.90 Å². The van der Waals surface area contributed by atoms with Crippen LogP contribution in [0.15, 0.2) is 55.1 Å². The molecule has 1 fully saturated rings. The number of sulfonamides is 1. The van der Waals surface area contributed by atoms with E-state index in [9.17, 15) is 22.8 Å². The number of hydroxylamine groups is 2. The van der Waals surface area contributed by atoms with Crippen molar-refractivity contribution in [3.8, 4) is 11.1 Å². The Balaban J connectivity index is 1.25. The van der Waals surface area contributed by atoms with Crippen molar-refractivity contribution in [1.82, 2.24) is 29.3 Å². The van der Waals surface area contributed by atoms with Crippen LogP contribution in [0, 0.1) is 5.82 Å². The second-order valence-electron chi connectivity index (χ2n) is 8.21.